The summed E-state index contributed by atoms with van der Waals surface area (Å²) in [5.41, 5.74) is 3.79. The lowest BCUT2D eigenvalue weighted by atomic mass is 9.92. The highest BCUT2D eigenvalue weighted by atomic mass is 14.1. The first-order valence-electron chi connectivity index (χ1n) is 6.26. The lowest BCUT2D eigenvalue weighted by molar-refractivity contribution is 0.973. The maximum absolute atomic E-state index is 3.91. The molecule has 0 heterocycles. The third-order valence-corrected chi connectivity index (χ3v) is 3.07. The van der Waals surface area contributed by atoms with E-state index in [1.807, 2.05) is 18.2 Å². The molecule has 0 heteroatoms. The second-order valence-electron chi connectivity index (χ2n) is 4.40. The number of hydrogen-bond acceptors (Lipinski definition) is 0. The maximum atomic E-state index is 3.91. The van der Waals surface area contributed by atoms with E-state index < -0.39 is 0 Å². The number of benzene rings is 2. The Morgan fingerprint density at radius 1 is 0.944 bits per heavy atom. The van der Waals surface area contributed by atoms with Crippen LogP contribution in [-0.4, -0.2) is 0 Å². The zero-order valence-corrected chi connectivity index (χ0v) is 10.7. The van der Waals surface area contributed by atoms with Gasteiger partial charge < -0.3 is 0 Å². The van der Waals surface area contributed by atoms with Gasteiger partial charge in [0.2, 0.25) is 0 Å². The van der Waals surface area contributed by atoms with E-state index in [-0.39, 0.29) is 0 Å². The molecule has 1 unspecified atom stereocenters. The van der Waals surface area contributed by atoms with E-state index in [2.05, 4.69) is 68.1 Å². The lowest BCUT2D eigenvalue weighted by Crippen LogP contribution is -1.94. The zero-order valence-electron chi connectivity index (χ0n) is 10.7. The quantitative estimate of drug-likeness (QED) is 0.513. The Morgan fingerprint density at radius 2 is 1.50 bits per heavy atom. The number of allylic oxidation sites excluding steroid dienone is 2. The van der Waals surface area contributed by atoms with E-state index in [4.69, 9.17) is 0 Å². The molecule has 0 spiro atoms. The predicted molar refractivity (Wildman–Crippen MR) is 80.1 cm³/mol. The standard InChI is InChI=1S/C18H18/c1-3-15(2)18(17-12-8-5-9-13-17)14-16-10-6-4-7-11-16/h3-15H,1H2,2H3/b18-14-. The molecule has 2 aromatic carbocycles. The predicted octanol–water partition coefficient (Wildman–Crippen LogP) is 5.05. The summed E-state index contributed by atoms with van der Waals surface area (Å²) in [5, 5.41) is 0. The molecule has 0 aliphatic heterocycles. The molecule has 0 saturated heterocycles. The molecule has 90 valence electrons. The molecule has 0 aromatic heterocycles. The molecule has 0 nitrogen and oxygen atoms in total. The largest absolute Gasteiger partial charge is 0.102 e. The van der Waals surface area contributed by atoms with Gasteiger partial charge in [0, 0.05) is 0 Å². The molecule has 0 aliphatic rings. The van der Waals surface area contributed by atoms with Crippen LogP contribution in [0, 0.1) is 5.92 Å². The highest BCUT2D eigenvalue weighted by molar-refractivity contribution is 5.83. The van der Waals surface area contributed by atoms with Crippen LogP contribution in [0.25, 0.3) is 11.6 Å². The second-order valence-corrected chi connectivity index (χ2v) is 4.40. The molecule has 0 aliphatic carbocycles. The van der Waals surface area contributed by atoms with Crippen LogP contribution in [0.4, 0.5) is 0 Å². The zero-order chi connectivity index (χ0) is 12.8. The SMILES string of the molecule is C=CC(C)/C(=C/c1ccccc1)c1ccccc1. The Bertz CT molecular complexity index is 520. The van der Waals surface area contributed by atoms with Gasteiger partial charge in [-0.15, -0.1) is 6.58 Å². The number of hydrogen-bond donors (Lipinski definition) is 0. The van der Waals surface area contributed by atoms with Crippen LogP contribution < -0.4 is 0 Å². The summed E-state index contributed by atoms with van der Waals surface area (Å²) >= 11 is 0. The smallest absolute Gasteiger partial charge is 0.000697 e. The van der Waals surface area contributed by atoms with Gasteiger partial charge in [0.25, 0.3) is 0 Å². The van der Waals surface area contributed by atoms with Crippen molar-refractivity contribution in [1.29, 1.82) is 0 Å². The van der Waals surface area contributed by atoms with Crippen molar-refractivity contribution in [2.24, 2.45) is 5.92 Å². The monoisotopic (exact) mass is 234 g/mol. The van der Waals surface area contributed by atoms with Crippen LogP contribution in [0.15, 0.2) is 73.3 Å². The Balaban J connectivity index is 2.44. The molecule has 18 heavy (non-hydrogen) atoms. The fourth-order valence-electron chi connectivity index (χ4n) is 1.96. The summed E-state index contributed by atoms with van der Waals surface area (Å²) in [7, 11) is 0. The Morgan fingerprint density at radius 3 is 2.06 bits per heavy atom. The highest BCUT2D eigenvalue weighted by Gasteiger charge is 2.07. The fourth-order valence-corrected chi connectivity index (χ4v) is 1.96. The minimum absolute atomic E-state index is 0.340. The second kappa shape index (κ2) is 6.02. The first kappa shape index (κ1) is 12.4. The van der Waals surface area contributed by atoms with E-state index in [9.17, 15) is 0 Å². The van der Waals surface area contributed by atoms with E-state index in [0.29, 0.717) is 5.92 Å². The fraction of sp³-hybridized carbons (Fsp3) is 0.111. The van der Waals surface area contributed by atoms with Crippen molar-refractivity contribution in [2.45, 2.75) is 6.92 Å². The molecule has 0 bridgehead atoms. The van der Waals surface area contributed by atoms with Gasteiger partial charge in [0.15, 0.2) is 0 Å². The van der Waals surface area contributed by atoms with Crippen LogP contribution in [-0.2, 0) is 0 Å². The summed E-state index contributed by atoms with van der Waals surface area (Å²) in [6, 6.07) is 20.9. The van der Waals surface area contributed by atoms with Crippen molar-refractivity contribution in [3.63, 3.8) is 0 Å². The van der Waals surface area contributed by atoms with Gasteiger partial charge in [-0.1, -0.05) is 79.7 Å². The Hall–Kier alpha value is -2.08. The van der Waals surface area contributed by atoms with Gasteiger partial charge in [-0.3, -0.25) is 0 Å². The molecule has 0 saturated carbocycles. The summed E-state index contributed by atoms with van der Waals surface area (Å²) in [4.78, 5) is 0. The van der Waals surface area contributed by atoms with E-state index in [1.54, 1.807) is 0 Å². The minimum atomic E-state index is 0.340. The Kier molecular flexibility index (Phi) is 4.14. The van der Waals surface area contributed by atoms with Gasteiger partial charge >= 0.3 is 0 Å². The molecular formula is C18H18. The summed E-state index contributed by atoms with van der Waals surface area (Å²) < 4.78 is 0. The molecule has 2 rings (SSSR count). The van der Waals surface area contributed by atoms with Crippen LogP contribution in [0.1, 0.15) is 18.1 Å². The normalized spacial score (nSPS) is 13.1. The third kappa shape index (κ3) is 2.98. The lowest BCUT2D eigenvalue weighted by Gasteiger charge is -2.13. The van der Waals surface area contributed by atoms with Crippen LogP contribution in [0.2, 0.25) is 0 Å². The van der Waals surface area contributed by atoms with E-state index in [1.165, 1.54) is 16.7 Å². The van der Waals surface area contributed by atoms with Crippen molar-refractivity contribution in [3.8, 4) is 0 Å². The van der Waals surface area contributed by atoms with Crippen molar-refractivity contribution in [3.05, 3.63) is 84.4 Å². The molecule has 0 radical (unpaired) electrons. The van der Waals surface area contributed by atoms with Crippen LogP contribution in [0.3, 0.4) is 0 Å². The topological polar surface area (TPSA) is 0 Å². The van der Waals surface area contributed by atoms with Gasteiger partial charge in [-0.25, -0.2) is 0 Å². The van der Waals surface area contributed by atoms with Crippen molar-refractivity contribution in [2.75, 3.05) is 0 Å². The molecular weight excluding hydrogens is 216 g/mol. The third-order valence-electron chi connectivity index (χ3n) is 3.07. The van der Waals surface area contributed by atoms with Gasteiger partial charge in [0.1, 0.15) is 0 Å². The average molecular weight is 234 g/mol. The molecule has 1 atom stereocenters. The van der Waals surface area contributed by atoms with E-state index in [0.717, 1.165) is 0 Å². The summed E-state index contributed by atoms with van der Waals surface area (Å²) in [6.07, 6.45) is 4.23. The molecule has 2 aromatic rings. The number of rotatable bonds is 4. The average Bonchev–Trinajstić information content (AvgIpc) is 2.46. The van der Waals surface area contributed by atoms with Gasteiger partial charge in [0.05, 0.1) is 0 Å². The van der Waals surface area contributed by atoms with Crippen LogP contribution >= 0.6 is 0 Å². The minimum Gasteiger partial charge on any atom is -0.102 e. The first-order chi connectivity index (χ1) is 8.81. The molecule has 0 N–H and O–H groups in total. The molecule has 0 fully saturated rings. The summed E-state index contributed by atoms with van der Waals surface area (Å²) in [6.45, 7) is 6.08. The van der Waals surface area contributed by atoms with Crippen molar-refractivity contribution < 1.29 is 0 Å². The van der Waals surface area contributed by atoms with Crippen LogP contribution in [0.5, 0.6) is 0 Å². The first-order valence-corrected chi connectivity index (χ1v) is 6.26. The summed E-state index contributed by atoms with van der Waals surface area (Å²) in [5.74, 6) is 0.340. The molecule has 0 amide bonds. The van der Waals surface area contributed by atoms with E-state index >= 15 is 0 Å². The van der Waals surface area contributed by atoms with Crippen molar-refractivity contribution in [1.82, 2.24) is 0 Å². The Labute approximate surface area is 109 Å². The van der Waals surface area contributed by atoms with Crippen molar-refractivity contribution >= 4 is 11.6 Å². The van der Waals surface area contributed by atoms with Gasteiger partial charge in [-0.05, 0) is 22.6 Å². The highest BCUT2D eigenvalue weighted by Crippen LogP contribution is 2.26. The maximum Gasteiger partial charge on any atom is -0.000697 e. The van der Waals surface area contributed by atoms with Gasteiger partial charge in [-0.2, -0.15) is 0 Å².